The first kappa shape index (κ1) is 13.3. The molecule has 1 aromatic rings. The average Bonchev–Trinajstić information content (AvgIpc) is 2.19. The fourth-order valence-electron chi connectivity index (χ4n) is 1.28. The van der Waals surface area contributed by atoms with E-state index < -0.39 is 18.8 Å². The summed E-state index contributed by atoms with van der Waals surface area (Å²) >= 11 is 8.66. The molecule has 3 nitrogen and oxygen atoms in total. The van der Waals surface area contributed by atoms with Gasteiger partial charge in [0.15, 0.2) is 0 Å². The van der Waals surface area contributed by atoms with Crippen molar-refractivity contribution >= 4 is 33.5 Å². The molecule has 88 valence electrons. The fourth-order valence-corrected chi connectivity index (χ4v) is 1.95. The van der Waals surface area contributed by atoms with Crippen molar-refractivity contribution in [3.05, 3.63) is 28.0 Å². The van der Waals surface area contributed by atoms with Crippen LogP contribution in [0.15, 0.2) is 6.20 Å². The number of aliphatic carboxylic acids is 1. The molecule has 0 bridgehead atoms. The maximum atomic E-state index is 12.8. The Bertz CT molecular complexity index is 415. The van der Waals surface area contributed by atoms with E-state index >= 15 is 0 Å². The van der Waals surface area contributed by atoms with Crippen LogP contribution in [-0.4, -0.2) is 16.1 Å². The zero-order valence-electron chi connectivity index (χ0n) is 7.88. The molecule has 0 amide bonds. The van der Waals surface area contributed by atoms with Crippen LogP contribution in [-0.2, 0) is 16.5 Å². The fraction of sp³-hybridized carbons (Fsp3) is 0.333. The van der Waals surface area contributed by atoms with E-state index in [0.717, 1.165) is 0 Å². The van der Waals surface area contributed by atoms with Crippen molar-refractivity contribution in [3.8, 4) is 0 Å². The SMILES string of the molecule is O=C(O)Cc1c(Cl)ncc(CBr)c1C(F)F. The summed E-state index contributed by atoms with van der Waals surface area (Å²) in [5, 5.41) is 8.60. The molecule has 0 atom stereocenters. The standard InChI is InChI=1S/C9H7BrClF2NO2/c10-2-4-3-14-8(11)5(1-6(15)16)7(4)9(12)13/h3,9H,1-2H2,(H,15,16). The molecule has 0 saturated heterocycles. The van der Waals surface area contributed by atoms with Gasteiger partial charge in [-0.1, -0.05) is 27.5 Å². The third-order valence-electron chi connectivity index (χ3n) is 1.94. The maximum absolute atomic E-state index is 12.8. The lowest BCUT2D eigenvalue weighted by Crippen LogP contribution is -2.08. The summed E-state index contributed by atoms with van der Waals surface area (Å²) in [5.74, 6) is -1.22. The summed E-state index contributed by atoms with van der Waals surface area (Å²) in [7, 11) is 0. The Kier molecular flexibility index (Phi) is 4.61. The minimum atomic E-state index is -2.78. The van der Waals surface area contributed by atoms with Gasteiger partial charge in [0.2, 0.25) is 0 Å². The van der Waals surface area contributed by atoms with E-state index in [1.54, 1.807) is 0 Å². The number of halogens is 4. The second-order valence-corrected chi connectivity index (χ2v) is 3.89. The van der Waals surface area contributed by atoms with Crippen molar-refractivity contribution in [2.75, 3.05) is 0 Å². The van der Waals surface area contributed by atoms with Gasteiger partial charge in [-0.25, -0.2) is 13.8 Å². The number of pyridine rings is 1. The highest BCUT2D eigenvalue weighted by Gasteiger charge is 2.22. The first-order valence-electron chi connectivity index (χ1n) is 4.19. The number of hydrogen-bond donors (Lipinski definition) is 1. The van der Waals surface area contributed by atoms with E-state index in [1.807, 2.05) is 0 Å². The summed E-state index contributed by atoms with van der Waals surface area (Å²) in [6.07, 6.45) is -2.13. The van der Waals surface area contributed by atoms with E-state index in [1.165, 1.54) is 6.20 Å². The molecule has 1 heterocycles. The molecular formula is C9H7BrClF2NO2. The molecule has 0 aliphatic heterocycles. The number of carboxylic acid groups (broad SMARTS) is 1. The molecule has 0 saturated carbocycles. The average molecular weight is 315 g/mol. The van der Waals surface area contributed by atoms with Crippen molar-refractivity contribution in [2.24, 2.45) is 0 Å². The smallest absolute Gasteiger partial charge is 0.307 e. The molecule has 1 rings (SSSR count). The van der Waals surface area contributed by atoms with E-state index in [9.17, 15) is 13.6 Å². The van der Waals surface area contributed by atoms with Gasteiger partial charge in [-0.2, -0.15) is 0 Å². The minimum Gasteiger partial charge on any atom is -0.481 e. The van der Waals surface area contributed by atoms with E-state index in [2.05, 4.69) is 20.9 Å². The van der Waals surface area contributed by atoms with Gasteiger partial charge in [-0.3, -0.25) is 4.79 Å². The van der Waals surface area contributed by atoms with Gasteiger partial charge in [-0.05, 0) is 5.56 Å². The Morgan fingerprint density at radius 2 is 2.25 bits per heavy atom. The van der Waals surface area contributed by atoms with Crippen molar-refractivity contribution < 1.29 is 18.7 Å². The lowest BCUT2D eigenvalue weighted by molar-refractivity contribution is -0.136. The lowest BCUT2D eigenvalue weighted by atomic mass is 10.0. The largest absolute Gasteiger partial charge is 0.481 e. The van der Waals surface area contributed by atoms with Gasteiger partial charge in [-0.15, -0.1) is 0 Å². The zero-order valence-corrected chi connectivity index (χ0v) is 10.2. The molecule has 1 aromatic heterocycles. The highest BCUT2D eigenvalue weighted by Crippen LogP contribution is 2.31. The van der Waals surface area contributed by atoms with Gasteiger partial charge in [0.25, 0.3) is 6.43 Å². The third-order valence-corrected chi connectivity index (χ3v) is 2.87. The van der Waals surface area contributed by atoms with Gasteiger partial charge < -0.3 is 5.11 Å². The molecule has 0 spiro atoms. The number of hydrogen-bond acceptors (Lipinski definition) is 2. The molecule has 0 radical (unpaired) electrons. The van der Waals surface area contributed by atoms with Crippen LogP contribution in [0.1, 0.15) is 23.1 Å². The molecule has 0 aromatic carbocycles. The van der Waals surface area contributed by atoms with E-state index in [0.29, 0.717) is 0 Å². The van der Waals surface area contributed by atoms with Crippen molar-refractivity contribution in [1.82, 2.24) is 4.98 Å². The van der Waals surface area contributed by atoms with Crippen LogP contribution >= 0.6 is 27.5 Å². The minimum absolute atomic E-state index is 0.124. The summed E-state index contributed by atoms with van der Waals surface area (Å²) in [6.45, 7) is 0. The third kappa shape index (κ3) is 2.89. The van der Waals surface area contributed by atoms with Crippen LogP contribution in [0, 0.1) is 0 Å². The molecule has 0 aliphatic carbocycles. The summed E-state index contributed by atoms with van der Waals surface area (Å²) in [5.41, 5.74) is -0.226. The monoisotopic (exact) mass is 313 g/mol. The number of alkyl halides is 3. The van der Waals surface area contributed by atoms with E-state index in [-0.39, 0.29) is 27.2 Å². The highest BCUT2D eigenvalue weighted by molar-refractivity contribution is 9.08. The second kappa shape index (κ2) is 5.54. The van der Waals surface area contributed by atoms with Crippen LogP contribution in [0.5, 0.6) is 0 Å². The predicted octanol–water partition coefficient (Wildman–Crippen LogP) is 3.19. The van der Waals surface area contributed by atoms with Crippen LogP contribution in [0.3, 0.4) is 0 Å². The van der Waals surface area contributed by atoms with Crippen molar-refractivity contribution in [3.63, 3.8) is 0 Å². The molecule has 0 aliphatic rings. The molecular weight excluding hydrogens is 307 g/mol. The van der Waals surface area contributed by atoms with Crippen LogP contribution in [0.2, 0.25) is 5.15 Å². The van der Waals surface area contributed by atoms with Crippen LogP contribution < -0.4 is 0 Å². The topological polar surface area (TPSA) is 50.2 Å². The molecule has 16 heavy (non-hydrogen) atoms. The Morgan fingerprint density at radius 1 is 1.62 bits per heavy atom. The number of nitrogens with zero attached hydrogens (tertiary/aromatic N) is 1. The molecule has 7 heteroatoms. The Balaban J connectivity index is 3.35. The van der Waals surface area contributed by atoms with Gasteiger partial charge in [0, 0.05) is 22.7 Å². The quantitative estimate of drug-likeness (QED) is 0.686. The lowest BCUT2D eigenvalue weighted by Gasteiger charge is -2.12. The summed E-state index contributed by atoms with van der Waals surface area (Å²) < 4.78 is 25.6. The molecule has 0 unspecified atom stereocenters. The normalized spacial score (nSPS) is 10.8. The van der Waals surface area contributed by atoms with Gasteiger partial charge in [0.05, 0.1) is 6.42 Å². The summed E-state index contributed by atoms with van der Waals surface area (Å²) in [4.78, 5) is 14.2. The van der Waals surface area contributed by atoms with Gasteiger partial charge in [0.1, 0.15) is 5.15 Å². The zero-order chi connectivity index (χ0) is 12.3. The Hall–Kier alpha value is -0.750. The number of carboxylic acids is 1. The van der Waals surface area contributed by atoms with Gasteiger partial charge >= 0.3 is 5.97 Å². The van der Waals surface area contributed by atoms with Crippen LogP contribution in [0.4, 0.5) is 8.78 Å². The van der Waals surface area contributed by atoms with Crippen molar-refractivity contribution in [2.45, 2.75) is 18.2 Å². The van der Waals surface area contributed by atoms with Crippen LogP contribution in [0.25, 0.3) is 0 Å². The highest BCUT2D eigenvalue weighted by atomic mass is 79.9. The second-order valence-electron chi connectivity index (χ2n) is 2.97. The predicted molar refractivity (Wildman–Crippen MR) is 58.2 cm³/mol. The first-order chi connectivity index (χ1) is 7.47. The summed E-state index contributed by atoms with van der Waals surface area (Å²) in [6, 6.07) is 0. The maximum Gasteiger partial charge on any atom is 0.307 e. The first-order valence-corrected chi connectivity index (χ1v) is 5.69. The number of carbonyl (C=O) groups is 1. The Morgan fingerprint density at radius 3 is 2.69 bits per heavy atom. The molecule has 1 N–H and O–H groups in total. The van der Waals surface area contributed by atoms with E-state index in [4.69, 9.17) is 16.7 Å². The Labute approximate surface area is 104 Å². The number of aromatic nitrogens is 1. The molecule has 0 fully saturated rings. The van der Waals surface area contributed by atoms with Crippen molar-refractivity contribution in [1.29, 1.82) is 0 Å². The number of rotatable bonds is 4.